The first kappa shape index (κ1) is 18.5. The van der Waals surface area contributed by atoms with Gasteiger partial charge in [-0.25, -0.2) is 4.39 Å². The molecule has 0 saturated carbocycles. The van der Waals surface area contributed by atoms with Crippen LogP contribution in [0.25, 0.3) is 33.4 Å². The van der Waals surface area contributed by atoms with Gasteiger partial charge in [-0.05, 0) is 47.5 Å². The minimum atomic E-state index is -0.389. The van der Waals surface area contributed by atoms with Gasteiger partial charge < -0.3 is 9.73 Å². The molecule has 0 amide bonds. The maximum atomic E-state index is 14.3. The molecule has 0 bridgehead atoms. The highest BCUT2D eigenvalue weighted by Gasteiger charge is 2.15. The maximum absolute atomic E-state index is 14.3. The first-order chi connectivity index (χ1) is 14.7. The molecule has 0 fully saturated rings. The first-order valence-corrected chi connectivity index (χ1v) is 10.0. The molecule has 146 valence electrons. The van der Waals surface area contributed by atoms with Gasteiger partial charge in [-0.2, -0.15) is 0 Å². The fourth-order valence-corrected chi connectivity index (χ4v) is 3.84. The summed E-state index contributed by atoms with van der Waals surface area (Å²) in [6.45, 7) is 0. The molecule has 2 nitrogen and oxygen atoms in total. The van der Waals surface area contributed by atoms with E-state index in [2.05, 4.69) is 35.3 Å². The van der Waals surface area contributed by atoms with E-state index in [-0.39, 0.29) is 5.82 Å². The molecule has 5 rings (SSSR count). The molecule has 1 N–H and O–H groups in total. The monoisotopic (exact) mass is 413 g/mol. The van der Waals surface area contributed by atoms with Crippen LogP contribution < -0.4 is 5.32 Å². The Labute approximate surface area is 178 Å². The van der Waals surface area contributed by atoms with Gasteiger partial charge in [0.05, 0.1) is 16.3 Å². The quantitative estimate of drug-likeness (QED) is 0.353. The lowest BCUT2D eigenvalue weighted by Crippen LogP contribution is -2.05. The molecule has 3 aromatic carbocycles. The number of hydrogen-bond acceptors (Lipinski definition) is 2. The highest BCUT2D eigenvalue weighted by atomic mass is 35.5. The van der Waals surface area contributed by atoms with Crippen LogP contribution in [0.2, 0.25) is 5.02 Å². The largest absolute Gasteiger partial charge is 0.456 e. The van der Waals surface area contributed by atoms with Crippen molar-refractivity contribution < 1.29 is 8.81 Å². The second kappa shape index (κ2) is 7.72. The number of halogens is 2. The van der Waals surface area contributed by atoms with Crippen molar-refractivity contribution in [3.63, 3.8) is 0 Å². The van der Waals surface area contributed by atoms with Crippen LogP contribution in [0.5, 0.6) is 0 Å². The molecular formula is C26H17ClFNO. The number of benzene rings is 3. The van der Waals surface area contributed by atoms with Gasteiger partial charge in [0.1, 0.15) is 17.2 Å². The van der Waals surface area contributed by atoms with Crippen LogP contribution in [-0.2, 0) is 0 Å². The second-order valence-electron chi connectivity index (χ2n) is 7.07. The van der Waals surface area contributed by atoms with Crippen LogP contribution >= 0.6 is 11.6 Å². The molecule has 0 unspecified atom stereocenters. The lowest BCUT2D eigenvalue weighted by atomic mass is 10.0. The van der Waals surface area contributed by atoms with Crippen molar-refractivity contribution in [2.45, 2.75) is 6.42 Å². The molecule has 1 aromatic heterocycles. The second-order valence-corrected chi connectivity index (χ2v) is 7.47. The van der Waals surface area contributed by atoms with Gasteiger partial charge in [0.15, 0.2) is 0 Å². The molecule has 30 heavy (non-hydrogen) atoms. The van der Waals surface area contributed by atoms with Gasteiger partial charge >= 0.3 is 0 Å². The van der Waals surface area contributed by atoms with E-state index >= 15 is 0 Å². The van der Waals surface area contributed by atoms with E-state index in [1.165, 1.54) is 6.07 Å². The lowest BCUT2D eigenvalue weighted by Gasteiger charge is -2.08. The fourth-order valence-electron chi connectivity index (χ4n) is 3.59. The summed E-state index contributed by atoms with van der Waals surface area (Å²) in [5.41, 5.74) is 7.99. The Balaban J connectivity index is 1.47. The smallest absolute Gasteiger partial charge is 0.134 e. The Morgan fingerprint density at radius 1 is 0.933 bits per heavy atom. The van der Waals surface area contributed by atoms with Crippen molar-refractivity contribution in [2.24, 2.45) is 0 Å². The summed E-state index contributed by atoms with van der Waals surface area (Å²) < 4.78 is 20.3. The van der Waals surface area contributed by atoms with E-state index in [1.54, 1.807) is 12.1 Å². The summed E-state index contributed by atoms with van der Waals surface area (Å²) in [5, 5.41) is 4.51. The van der Waals surface area contributed by atoms with Crippen molar-refractivity contribution in [3.05, 3.63) is 113 Å². The fraction of sp³-hybridized carbons (Fsp3) is 0.0385. The number of furan rings is 1. The number of nitrogens with one attached hydrogen (secondary N) is 1. The highest BCUT2D eigenvalue weighted by Crippen LogP contribution is 2.32. The van der Waals surface area contributed by atoms with Crippen LogP contribution in [0.1, 0.15) is 17.7 Å². The number of allylic oxidation sites excluding steroid dienone is 2. The van der Waals surface area contributed by atoms with E-state index in [0.29, 0.717) is 22.7 Å². The van der Waals surface area contributed by atoms with Crippen molar-refractivity contribution in [1.29, 1.82) is 0 Å². The number of rotatable bonds is 3. The molecule has 2 heterocycles. The van der Waals surface area contributed by atoms with Crippen LogP contribution in [0, 0.1) is 5.82 Å². The van der Waals surface area contributed by atoms with E-state index in [1.807, 2.05) is 42.6 Å². The third-order valence-electron chi connectivity index (χ3n) is 5.11. The van der Waals surface area contributed by atoms with Gasteiger partial charge in [-0.1, -0.05) is 59.8 Å². The molecule has 0 radical (unpaired) electrons. The van der Waals surface area contributed by atoms with Gasteiger partial charge in [-0.15, -0.1) is 0 Å². The standard InChI is InChI=1S/C26H17ClFNO/c27-21-9-5-10-22(28)26(21)23-11-4-8-19(16-29-23)25-15-20-14-18(12-13-24(20)30-25)17-6-2-1-3-7-17/h1-7,9-10,12-16,29H,8H2. The van der Waals surface area contributed by atoms with Crippen LogP contribution in [0.15, 0.2) is 95.2 Å². The highest BCUT2D eigenvalue weighted by molar-refractivity contribution is 6.32. The van der Waals surface area contributed by atoms with Crippen molar-refractivity contribution in [1.82, 2.24) is 5.32 Å². The molecular weight excluding hydrogens is 397 g/mol. The Morgan fingerprint density at radius 2 is 1.80 bits per heavy atom. The Bertz CT molecular complexity index is 1320. The summed E-state index contributed by atoms with van der Waals surface area (Å²) in [6, 6.07) is 23.1. The Hall–Kier alpha value is -3.52. The average Bonchev–Trinajstić information content (AvgIpc) is 3.04. The van der Waals surface area contributed by atoms with E-state index in [9.17, 15) is 4.39 Å². The maximum Gasteiger partial charge on any atom is 0.134 e. The Morgan fingerprint density at radius 3 is 2.63 bits per heavy atom. The predicted octanol–water partition coefficient (Wildman–Crippen LogP) is 7.42. The minimum Gasteiger partial charge on any atom is -0.456 e. The van der Waals surface area contributed by atoms with Gasteiger partial charge in [0.25, 0.3) is 0 Å². The number of hydrogen-bond donors (Lipinski definition) is 1. The van der Waals surface area contributed by atoms with Crippen molar-refractivity contribution in [2.75, 3.05) is 0 Å². The first-order valence-electron chi connectivity index (χ1n) is 9.63. The molecule has 4 aromatic rings. The van der Waals surface area contributed by atoms with Gasteiger partial charge in [-0.3, -0.25) is 0 Å². The van der Waals surface area contributed by atoms with Gasteiger partial charge in [0.2, 0.25) is 0 Å². The van der Waals surface area contributed by atoms with E-state index in [4.69, 9.17) is 16.0 Å². The molecule has 4 heteroatoms. The molecule has 0 aliphatic carbocycles. The number of fused-ring (bicyclic) bond motifs is 1. The summed E-state index contributed by atoms with van der Waals surface area (Å²) in [7, 11) is 0. The summed E-state index contributed by atoms with van der Waals surface area (Å²) in [6.07, 6.45) is 4.28. The zero-order chi connectivity index (χ0) is 20.5. The van der Waals surface area contributed by atoms with Crippen LogP contribution in [-0.4, -0.2) is 0 Å². The lowest BCUT2D eigenvalue weighted by molar-refractivity contribution is 0.597. The average molecular weight is 414 g/mol. The topological polar surface area (TPSA) is 25.2 Å². The summed E-state index contributed by atoms with van der Waals surface area (Å²) in [5.74, 6) is 0.376. The zero-order valence-electron chi connectivity index (χ0n) is 16.0. The van der Waals surface area contributed by atoms with E-state index < -0.39 is 0 Å². The molecule has 1 aliphatic rings. The Kier molecular flexibility index (Phi) is 4.76. The van der Waals surface area contributed by atoms with Crippen molar-refractivity contribution >= 4 is 33.8 Å². The van der Waals surface area contributed by atoms with Crippen molar-refractivity contribution in [3.8, 4) is 11.1 Å². The zero-order valence-corrected chi connectivity index (χ0v) is 16.7. The van der Waals surface area contributed by atoms with Crippen LogP contribution in [0.4, 0.5) is 4.39 Å². The minimum absolute atomic E-state index is 0.310. The molecule has 0 spiro atoms. The van der Waals surface area contributed by atoms with Crippen LogP contribution in [0.3, 0.4) is 0 Å². The molecule has 0 saturated heterocycles. The molecule has 0 atom stereocenters. The van der Waals surface area contributed by atoms with E-state index in [0.717, 1.165) is 33.4 Å². The SMILES string of the molecule is Fc1cccc(Cl)c1C1=C=CCC(c2cc3cc(-c4ccccc4)ccc3o2)=CN1. The van der Waals surface area contributed by atoms with Gasteiger partial charge in [0, 0.05) is 23.6 Å². The summed E-state index contributed by atoms with van der Waals surface area (Å²) in [4.78, 5) is 0. The summed E-state index contributed by atoms with van der Waals surface area (Å²) >= 11 is 6.19. The third-order valence-corrected chi connectivity index (χ3v) is 5.43. The predicted molar refractivity (Wildman–Crippen MR) is 120 cm³/mol. The molecule has 1 aliphatic heterocycles. The normalized spacial score (nSPS) is 13.5. The third kappa shape index (κ3) is 3.46.